The predicted octanol–water partition coefficient (Wildman–Crippen LogP) is 2.67. The van der Waals surface area contributed by atoms with E-state index >= 15 is 0 Å². The van der Waals surface area contributed by atoms with Gasteiger partial charge >= 0.3 is 0 Å². The average Bonchev–Trinajstić information content (AvgIpc) is 3.34. The van der Waals surface area contributed by atoms with E-state index in [0.717, 1.165) is 32.4 Å². The Morgan fingerprint density at radius 1 is 1.04 bits per heavy atom. The molecule has 1 aromatic carbocycles. The molecule has 0 radical (unpaired) electrons. The van der Waals surface area contributed by atoms with E-state index in [1.165, 1.54) is 0 Å². The van der Waals surface area contributed by atoms with Gasteiger partial charge in [-0.15, -0.1) is 0 Å². The molecular weight excluding hydrogens is 373 g/mol. The zero-order chi connectivity index (χ0) is 18.3. The topological polar surface area (TPSA) is 52.7 Å². The Balaban J connectivity index is 1.34. The highest BCUT2D eigenvalue weighted by Gasteiger charge is 2.58. The number of hydrogen-bond donors (Lipinski definition) is 1. The summed E-state index contributed by atoms with van der Waals surface area (Å²) in [6.45, 7) is 4.33. The lowest BCUT2D eigenvalue weighted by atomic mass is 9.91. The van der Waals surface area contributed by atoms with Crippen molar-refractivity contribution < 1.29 is 9.59 Å². The number of piperazine rings is 1. The molecule has 1 saturated carbocycles. The van der Waals surface area contributed by atoms with Gasteiger partial charge in [0.1, 0.15) is 0 Å². The Kier molecular flexibility index (Phi) is 4.88. The Labute approximate surface area is 163 Å². The molecule has 26 heavy (non-hydrogen) atoms. The summed E-state index contributed by atoms with van der Waals surface area (Å²) in [5.41, 5.74) is 0.721. The summed E-state index contributed by atoms with van der Waals surface area (Å²) in [5, 5.41) is 4.25. The van der Waals surface area contributed by atoms with Crippen molar-refractivity contribution in [2.75, 3.05) is 39.3 Å². The molecule has 4 rings (SSSR count). The molecular formula is C19H23Cl2N3O2. The molecule has 2 aliphatic heterocycles. The second-order valence-electron chi connectivity index (χ2n) is 7.61. The van der Waals surface area contributed by atoms with Crippen LogP contribution in [0.5, 0.6) is 0 Å². The second kappa shape index (κ2) is 7.02. The van der Waals surface area contributed by atoms with E-state index in [1.807, 2.05) is 4.90 Å². The summed E-state index contributed by atoms with van der Waals surface area (Å²) in [6, 6.07) is 4.92. The molecule has 1 unspecified atom stereocenters. The third kappa shape index (κ3) is 3.32. The molecule has 5 nitrogen and oxygen atoms in total. The van der Waals surface area contributed by atoms with E-state index in [2.05, 4.69) is 5.32 Å². The van der Waals surface area contributed by atoms with E-state index in [1.54, 1.807) is 23.1 Å². The maximum absolute atomic E-state index is 12.8. The van der Waals surface area contributed by atoms with Gasteiger partial charge in [0, 0.05) is 37.1 Å². The molecule has 0 bridgehead atoms. The van der Waals surface area contributed by atoms with Crippen LogP contribution >= 0.6 is 23.2 Å². The summed E-state index contributed by atoms with van der Waals surface area (Å²) < 4.78 is 0. The van der Waals surface area contributed by atoms with E-state index in [-0.39, 0.29) is 23.1 Å². The molecule has 1 aromatic rings. The summed E-state index contributed by atoms with van der Waals surface area (Å²) >= 11 is 12.1. The summed E-state index contributed by atoms with van der Waals surface area (Å²) in [6.07, 6.45) is 3.25. The number of benzene rings is 1. The summed E-state index contributed by atoms with van der Waals surface area (Å²) in [4.78, 5) is 29.2. The van der Waals surface area contributed by atoms with E-state index in [0.29, 0.717) is 41.8 Å². The minimum absolute atomic E-state index is 0.0972. The minimum atomic E-state index is -0.0972. The van der Waals surface area contributed by atoms with Crippen molar-refractivity contribution in [3.8, 4) is 0 Å². The standard InChI is InChI=1S/C19H23Cl2N3O2/c20-13-1-2-14(16(21)11-13)17(25)23-7-9-24(10-8-23)18(26)15-12-19(15)3-5-22-6-4-19/h1-2,11,15,22H,3-10,12H2. The lowest BCUT2D eigenvalue weighted by Crippen LogP contribution is -2.51. The van der Waals surface area contributed by atoms with Gasteiger partial charge in [-0.3, -0.25) is 9.59 Å². The van der Waals surface area contributed by atoms with E-state index < -0.39 is 0 Å². The number of nitrogens with zero attached hydrogens (tertiary/aromatic N) is 2. The number of amides is 2. The zero-order valence-corrected chi connectivity index (χ0v) is 16.2. The Morgan fingerprint density at radius 3 is 2.35 bits per heavy atom. The molecule has 3 fully saturated rings. The quantitative estimate of drug-likeness (QED) is 0.837. The fraction of sp³-hybridized carbons (Fsp3) is 0.579. The lowest BCUT2D eigenvalue weighted by molar-refractivity contribution is -0.135. The first-order valence-electron chi connectivity index (χ1n) is 9.24. The van der Waals surface area contributed by atoms with Crippen LogP contribution in [0, 0.1) is 11.3 Å². The van der Waals surface area contributed by atoms with Crippen LogP contribution in [0.1, 0.15) is 29.6 Å². The number of nitrogens with one attached hydrogen (secondary N) is 1. The molecule has 2 saturated heterocycles. The number of carbonyl (C=O) groups is 2. The number of carbonyl (C=O) groups excluding carboxylic acids is 2. The molecule has 2 amide bonds. The molecule has 3 aliphatic rings. The van der Waals surface area contributed by atoms with Gasteiger partial charge in [0.15, 0.2) is 0 Å². The average molecular weight is 396 g/mol. The Bertz CT molecular complexity index is 725. The van der Waals surface area contributed by atoms with Crippen molar-refractivity contribution >= 4 is 35.0 Å². The predicted molar refractivity (Wildman–Crippen MR) is 102 cm³/mol. The minimum Gasteiger partial charge on any atom is -0.339 e. The Morgan fingerprint density at radius 2 is 1.69 bits per heavy atom. The van der Waals surface area contributed by atoms with Crippen LogP contribution in [-0.4, -0.2) is 60.9 Å². The smallest absolute Gasteiger partial charge is 0.255 e. The molecule has 140 valence electrons. The van der Waals surface area contributed by atoms with Crippen molar-refractivity contribution in [2.45, 2.75) is 19.3 Å². The molecule has 1 spiro atoms. The summed E-state index contributed by atoms with van der Waals surface area (Å²) in [7, 11) is 0. The molecule has 2 heterocycles. The van der Waals surface area contributed by atoms with Crippen LogP contribution in [-0.2, 0) is 4.79 Å². The third-order valence-electron chi connectivity index (χ3n) is 6.13. The molecule has 7 heteroatoms. The fourth-order valence-corrected chi connectivity index (χ4v) is 4.85. The van der Waals surface area contributed by atoms with Crippen LogP contribution in [0.2, 0.25) is 10.0 Å². The van der Waals surface area contributed by atoms with Gasteiger partial charge in [-0.2, -0.15) is 0 Å². The van der Waals surface area contributed by atoms with Crippen molar-refractivity contribution in [1.29, 1.82) is 0 Å². The van der Waals surface area contributed by atoms with Gasteiger partial charge in [-0.1, -0.05) is 23.2 Å². The van der Waals surface area contributed by atoms with Gasteiger partial charge in [-0.05, 0) is 56.0 Å². The van der Waals surface area contributed by atoms with Crippen LogP contribution in [0.3, 0.4) is 0 Å². The van der Waals surface area contributed by atoms with E-state index in [9.17, 15) is 9.59 Å². The molecule has 1 N–H and O–H groups in total. The number of piperidine rings is 1. The number of hydrogen-bond acceptors (Lipinski definition) is 3. The first-order chi connectivity index (χ1) is 12.5. The third-order valence-corrected chi connectivity index (χ3v) is 6.68. The molecule has 0 aromatic heterocycles. The van der Waals surface area contributed by atoms with Crippen molar-refractivity contribution in [3.63, 3.8) is 0 Å². The second-order valence-corrected chi connectivity index (χ2v) is 8.45. The number of halogens is 2. The SMILES string of the molecule is O=C(c1ccc(Cl)cc1Cl)N1CCN(C(=O)C2CC23CCNCC3)CC1. The van der Waals surface area contributed by atoms with Crippen molar-refractivity contribution in [1.82, 2.24) is 15.1 Å². The largest absolute Gasteiger partial charge is 0.339 e. The van der Waals surface area contributed by atoms with Gasteiger partial charge in [-0.25, -0.2) is 0 Å². The highest BCUT2D eigenvalue weighted by molar-refractivity contribution is 6.36. The number of rotatable bonds is 2. The molecule has 1 aliphatic carbocycles. The first-order valence-corrected chi connectivity index (χ1v) is 10.00. The highest BCUT2D eigenvalue weighted by Crippen LogP contribution is 2.59. The fourth-order valence-electron chi connectivity index (χ4n) is 4.36. The maximum atomic E-state index is 12.8. The monoisotopic (exact) mass is 395 g/mol. The maximum Gasteiger partial charge on any atom is 0.255 e. The van der Waals surface area contributed by atoms with Gasteiger partial charge in [0.05, 0.1) is 10.6 Å². The van der Waals surface area contributed by atoms with Crippen molar-refractivity contribution in [2.24, 2.45) is 11.3 Å². The van der Waals surface area contributed by atoms with Crippen LogP contribution in [0.25, 0.3) is 0 Å². The van der Waals surface area contributed by atoms with Crippen LogP contribution in [0.15, 0.2) is 18.2 Å². The lowest BCUT2D eigenvalue weighted by Gasteiger charge is -2.35. The van der Waals surface area contributed by atoms with E-state index in [4.69, 9.17) is 23.2 Å². The first kappa shape index (κ1) is 18.1. The van der Waals surface area contributed by atoms with Crippen LogP contribution in [0.4, 0.5) is 0 Å². The Hall–Kier alpha value is -1.30. The van der Waals surface area contributed by atoms with Gasteiger partial charge in [0.25, 0.3) is 5.91 Å². The van der Waals surface area contributed by atoms with Crippen LogP contribution < -0.4 is 5.32 Å². The highest BCUT2D eigenvalue weighted by atomic mass is 35.5. The normalized spacial score (nSPS) is 24.6. The zero-order valence-electron chi connectivity index (χ0n) is 14.6. The van der Waals surface area contributed by atoms with Crippen molar-refractivity contribution in [3.05, 3.63) is 33.8 Å². The summed E-state index contributed by atoms with van der Waals surface area (Å²) in [5.74, 6) is 0.376. The molecule has 1 atom stereocenters. The van der Waals surface area contributed by atoms with Gasteiger partial charge in [0.2, 0.25) is 5.91 Å². The van der Waals surface area contributed by atoms with Gasteiger partial charge < -0.3 is 15.1 Å².